The molecule has 0 bridgehead atoms. The zero-order chi connectivity index (χ0) is 27.9. The molecule has 3 rings (SSSR count). The van der Waals surface area contributed by atoms with E-state index in [0.29, 0.717) is 30.4 Å². The second-order valence-corrected chi connectivity index (χ2v) is 17.0. The Bertz CT molecular complexity index is 949. The number of hydrogen-bond acceptors (Lipinski definition) is 7. The molecular formula is C27H46BN3O6Si. The van der Waals surface area contributed by atoms with Crippen molar-refractivity contribution in [3.8, 4) is 5.75 Å². The molecular weight excluding hydrogens is 501 g/mol. The Balaban J connectivity index is 1.29. The van der Waals surface area contributed by atoms with Crippen LogP contribution in [0.2, 0.25) is 18.1 Å². The second-order valence-electron chi connectivity index (χ2n) is 12.2. The van der Waals surface area contributed by atoms with Crippen LogP contribution in [0.4, 0.5) is 0 Å². The second kappa shape index (κ2) is 13.4. The van der Waals surface area contributed by atoms with Crippen molar-refractivity contribution >= 4 is 27.3 Å². The van der Waals surface area contributed by atoms with Crippen LogP contribution in [0.3, 0.4) is 0 Å². The standard InChI is InChI=1S/C27H46BN3O6Si/c1-27(2,3)38(4,5)36-16-15-29-13-14-30-21-11-9-19(10-12-21)17-24(32)31-23-18-20-7-6-8-22(26(33)34)25(20)37-28(23)35/h6-8,19,21,23,29-30,35H,9-18H2,1-5H3,(H,31,32)(H,33,34)/t19-,21-,23-/m0/s1. The van der Waals surface area contributed by atoms with Crippen molar-refractivity contribution in [1.82, 2.24) is 16.0 Å². The Morgan fingerprint density at radius 2 is 1.84 bits per heavy atom. The van der Waals surface area contributed by atoms with Crippen molar-refractivity contribution < 1.29 is 28.8 Å². The minimum Gasteiger partial charge on any atom is -0.534 e. The monoisotopic (exact) mass is 547 g/mol. The molecule has 0 spiro atoms. The van der Waals surface area contributed by atoms with Gasteiger partial charge in [0.05, 0.1) is 11.5 Å². The lowest BCUT2D eigenvalue weighted by Gasteiger charge is -2.36. The lowest BCUT2D eigenvalue weighted by atomic mass is 9.72. The summed E-state index contributed by atoms with van der Waals surface area (Å²) in [6.07, 6.45) is 4.84. The molecule has 1 amide bonds. The van der Waals surface area contributed by atoms with Crippen LogP contribution in [0.15, 0.2) is 18.2 Å². The number of hydrogen-bond donors (Lipinski definition) is 5. The molecule has 1 heterocycles. The van der Waals surface area contributed by atoms with Crippen molar-refractivity contribution in [1.29, 1.82) is 0 Å². The Morgan fingerprint density at radius 1 is 1.13 bits per heavy atom. The average molecular weight is 548 g/mol. The van der Waals surface area contributed by atoms with Gasteiger partial charge in [0.15, 0.2) is 8.32 Å². The summed E-state index contributed by atoms with van der Waals surface area (Å²) < 4.78 is 11.7. The van der Waals surface area contributed by atoms with Gasteiger partial charge in [-0.3, -0.25) is 4.79 Å². The van der Waals surface area contributed by atoms with Gasteiger partial charge in [0, 0.05) is 38.7 Å². The van der Waals surface area contributed by atoms with Crippen LogP contribution in [-0.4, -0.2) is 75.7 Å². The van der Waals surface area contributed by atoms with E-state index in [9.17, 15) is 19.7 Å². The number of carbonyl (C=O) groups is 2. The summed E-state index contributed by atoms with van der Waals surface area (Å²) in [6, 6.07) is 5.34. The van der Waals surface area contributed by atoms with Gasteiger partial charge in [-0.2, -0.15) is 0 Å². The Labute approximate surface area is 228 Å². The normalized spacial score (nSPS) is 21.9. The molecule has 0 radical (unpaired) electrons. The molecule has 38 heavy (non-hydrogen) atoms. The van der Waals surface area contributed by atoms with E-state index < -0.39 is 27.3 Å². The number of nitrogens with one attached hydrogen (secondary N) is 3. The third-order valence-corrected chi connectivity index (χ3v) is 12.8. The van der Waals surface area contributed by atoms with E-state index in [2.05, 4.69) is 49.8 Å². The smallest absolute Gasteiger partial charge is 0.534 e. The highest BCUT2D eigenvalue weighted by Gasteiger charge is 2.38. The lowest BCUT2D eigenvalue weighted by molar-refractivity contribution is -0.122. The summed E-state index contributed by atoms with van der Waals surface area (Å²) in [7, 11) is -2.96. The summed E-state index contributed by atoms with van der Waals surface area (Å²) in [5.41, 5.74) is 0.688. The van der Waals surface area contributed by atoms with Crippen LogP contribution in [-0.2, 0) is 15.6 Å². The Hall–Kier alpha value is -1.92. The molecule has 1 saturated carbocycles. The molecule has 1 fully saturated rings. The number of carbonyl (C=O) groups excluding carboxylic acids is 1. The van der Waals surface area contributed by atoms with Crippen molar-refractivity contribution in [2.45, 2.75) is 89.4 Å². The number of benzene rings is 1. The van der Waals surface area contributed by atoms with Crippen LogP contribution in [0.25, 0.3) is 0 Å². The number of carboxylic acid groups (broad SMARTS) is 1. The van der Waals surface area contributed by atoms with Gasteiger partial charge in [-0.25, -0.2) is 4.79 Å². The fourth-order valence-electron chi connectivity index (χ4n) is 4.90. The van der Waals surface area contributed by atoms with Crippen LogP contribution in [0.1, 0.15) is 68.8 Å². The number of carboxylic acids is 1. The summed E-state index contributed by atoms with van der Waals surface area (Å²) in [5, 5.41) is 29.9. The Kier molecular flexibility index (Phi) is 10.8. The number of para-hydroxylation sites is 1. The van der Waals surface area contributed by atoms with Crippen LogP contribution >= 0.6 is 0 Å². The van der Waals surface area contributed by atoms with E-state index in [4.69, 9.17) is 9.08 Å². The maximum absolute atomic E-state index is 12.7. The topological polar surface area (TPSA) is 129 Å². The molecule has 0 unspecified atom stereocenters. The highest BCUT2D eigenvalue weighted by molar-refractivity contribution is 6.74. The first kappa shape index (κ1) is 30.6. The number of rotatable bonds is 12. The van der Waals surface area contributed by atoms with Gasteiger partial charge in [-0.05, 0) is 67.8 Å². The van der Waals surface area contributed by atoms with Crippen molar-refractivity contribution in [3.63, 3.8) is 0 Å². The zero-order valence-corrected chi connectivity index (χ0v) is 24.6. The van der Waals surface area contributed by atoms with E-state index in [1.54, 1.807) is 12.1 Å². The van der Waals surface area contributed by atoms with E-state index in [0.717, 1.165) is 51.9 Å². The molecule has 1 aromatic rings. The fourth-order valence-corrected chi connectivity index (χ4v) is 5.94. The molecule has 5 N–H and O–H groups in total. The van der Waals surface area contributed by atoms with E-state index in [1.165, 1.54) is 6.07 Å². The van der Waals surface area contributed by atoms with Crippen molar-refractivity contribution in [2.75, 3.05) is 26.2 Å². The molecule has 1 aliphatic carbocycles. The van der Waals surface area contributed by atoms with Gasteiger partial charge in [0.1, 0.15) is 5.75 Å². The highest BCUT2D eigenvalue weighted by Crippen LogP contribution is 2.36. The first-order chi connectivity index (χ1) is 17.9. The van der Waals surface area contributed by atoms with Crippen LogP contribution < -0.4 is 20.6 Å². The van der Waals surface area contributed by atoms with Gasteiger partial charge in [0.25, 0.3) is 0 Å². The third-order valence-electron chi connectivity index (χ3n) is 8.30. The SMILES string of the molecule is CC(C)(C)[Si](C)(C)OCCNCCN[C@H]1CC[C@H](CC(=O)N[C@H]2Cc3cccc(C(=O)O)c3OB2O)CC1. The first-order valence-corrected chi connectivity index (χ1v) is 16.9. The Morgan fingerprint density at radius 3 is 2.50 bits per heavy atom. The van der Waals surface area contributed by atoms with Crippen LogP contribution in [0, 0.1) is 5.92 Å². The average Bonchev–Trinajstić information content (AvgIpc) is 2.83. The summed E-state index contributed by atoms with van der Waals surface area (Å²) in [5.74, 6) is -1.30. The van der Waals surface area contributed by atoms with Gasteiger partial charge >= 0.3 is 13.1 Å². The summed E-state index contributed by atoms with van der Waals surface area (Å²) in [4.78, 5) is 24.1. The zero-order valence-electron chi connectivity index (χ0n) is 23.6. The quantitative estimate of drug-likeness (QED) is 0.200. The number of amides is 1. The molecule has 0 saturated heterocycles. The lowest BCUT2D eigenvalue weighted by Crippen LogP contribution is -2.53. The van der Waals surface area contributed by atoms with Gasteiger partial charge in [-0.1, -0.05) is 32.9 Å². The van der Waals surface area contributed by atoms with Crippen molar-refractivity contribution in [3.05, 3.63) is 29.3 Å². The highest BCUT2D eigenvalue weighted by atomic mass is 28.4. The summed E-state index contributed by atoms with van der Waals surface area (Å²) >= 11 is 0. The molecule has 11 heteroatoms. The molecule has 212 valence electrons. The van der Waals surface area contributed by atoms with Gasteiger partial charge in [0.2, 0.25) is 5.91 Å². The number of aromatic carboxylic acids is 1. The minimum atomic E-state index is -1.68. The third kappa shape index (κ3) is 8.54. The number of fused-ring (bicyclic) bond motifs is 1. The van der Waals surface area contributed by atoms with Gasteiger partial charge < -0.3 is 35.2 Å². The molecule has 2 aliphatic rings. The maximum atomic E-state index is 12.7. The van der Waals surface area contributed by atoms with E-state index in [-0.39, 0.29) is 22.3 Å². The fraction of sp³-hybridized carbons (Fsp3) is 0.704. The largest absolute Gasteiger partial charge is 0.547 e. The molecule has 9 nitrogen and oxygen atoms in total. The van der Waals surface area contributed by atoms with Crippen molar-refractivity contribution in [2.24, 2.45) is 5.92 Å². The predicted molar refractivity (Wildman–Crippen MR) is 152 cm³/mol. The first-order valence-electron chi connectivity index (χ1n) is 13.9. The van der Waals surface area contributed by atoms with E-state index >= 15 is 0 Å². The molecule has 1 aromatic carbocycles. The predicted octanol–water partition coefficient (Wildman–Crippen LogP) is 2.97. The molecule has 1 atom stereocenters. The maximum Gasteiger partial charge on any atom is 0.547 e. The summed E-state index contributed by atoms with van der Waals surface area (Å²) in [6.45, 7) is 14.8. The molecule has 0 aromatic heterocycles. The van der Waals surface area contributed by atoms with Crippen LogP contribution in [0.5, 0.6) is 5.75 Å². The minimum absolute atomic E-state index is 0.0168. The molecule has 1 aliphatic heterocycles. The van der Waals surface area contributed by atoms with Gasteiger partial charge in [-0.15, -0.1) is 0 Å². The van der Waals surface area contributed by atoms with E-state index in [1.807, 2.05) is 0 Å².